The van der Waals surface area contributed by atoms with Gasteiger partial charge >= 0.3 is 6.03 Å². The SMILES string of the molecule is O=C1CSC(=S)N1C(=O)NC(C[B]S)S(=O)(=O)O. The zero-order valence-electron chi connectivity index (χ0n) is 8.77. The van der Waals surface area contributed by atoms with Crippen molar-refractivity contribution < 1.29 is 22.6 Å². The van der Waals surface area contributed by atoms with Crippen LogP contribution in [-0.4, -0.2) is 51.8 Å². The Morgan fingerprint density at radius 2 is 2.33 bits per heavy atom. The second-order valence-electron chi connectivity index (χ2n) is 3.16. The van der Waals surface area contributed by atoms with Crippen LogP contribution in [0.15, 0.2) is 0 Å². The number of carbonyl (C=O) groups is 2. The van der Waals surface area contributed by atoms with Crippen molar-refractivity contribution in [1.82, 2.24) is 10.2 Å². The molecule has 1 fully saturated rings. The van der Waals surface area contributed by atoms with E-state index in [-0.39, 0.29) is 16.4 Å². The maximum Gasteiger partial charge on any atom is 0.330 e. The number of urea groups is 1. The number of hydrogen-bond donors (Lipinski definition) is 3. The van der Waals surface area contributed by atoms with Gasteiger partial charge < -0.3 is 5.32 Å². The van der Waals surface area contributed by atoms with Gasteiger partial charge in [-0.1, -0.05) is 24.0 Å². The maximum atomic E-state index is 11.7. The predicted molar refractivity (Wildman–Crippen MR) is 75.3 cm³/mol. The van der Waals surface area contributed by atoms with E-state index in [2.05, 4.69) is 12.5 Å². The number of rotatable bonds is 4. The van der Waals surface area contributed by atoms with Crippen molar-refractivity contribution in [1.29, 1.82) is 0 Å². The van der Waals surface area contributed by atoms with E-state index in [0.717, 1.165) is 18.3 Å². The molecule has 99 valence electrons. The summed E-state index contributed by atoms with van der Waals surface area (Å²) in [4.78, 5) is 23.7. The van der Waals surface area contributed by atoms with Gasteiger partial charge in [-0.15, -0.1) is 0 Å². The van der Waals surface area contributed by atoms with Crippen LogP contribution in [0.1, 0.15) is 0 Å². The molecule has 12 heteroatoms. The molecule has 0 bridgehead atoms. The summed E-state index contributed by atoms with van der Waals surface area (Å²) in [7, 11) is -4.49. The topological polar surface area (TPSA) is 104 Å². The highest BCUT2D eigenvalue weighted by Gasteiger charge is 2.35. The van der Waals surface area contributed by atoms with Gasteiger partial charge in [0.05, 0.1) is 5.75 Å². The van der Waals surface area contributed by atoms with Crippen molar-refractivity contribution in [2.75, 3.05) is 5.75 Å². The van der Waals surface area contributed by atoms with Crippen molar-refractivity contribution in [3.63, 3.8) is 0 Å². The quantitative estimate of drug-likeness (QED) is 0.283. The van der Waals surface area contributed by atoms with Crippen molar-refractivity contribution in [3.05, 3.63) is 0 Å². The Morgan fingerprint density at radius 1 is 1.72 bits per heavy atom. The van der Waals surface area contributed by atoms with E-state index < -0.39 is 27.4 Å². The summed E-state index contributed by atoms with van der Waals surface area (Å²) < 4.78 is 30.9. The zero-order chi connectivity index (χ0) is 13.9. The molecule has 18 heavy (non-hydrogen) atoms. The Kier molecular flexibility index (Phi) is 5.46. The maximum absolute atomic E-state index is 11.7. The highest BCUT2D eigenvalue weighted by Crippen LogP contribution is 2.19. The largest absolute Gasteiger partial charge is 0.330 e. The van der Waals surface area contributed by atoms with E-state index in [0.29, 0.717) is 4.90 Å². The molecule has 0 saturated carbocycles. The van der Waals surface area contributed by atoms with E-state index in [1.165, 1.54) is 0 Å². The van der Waals surface area contributed by atoms with Crippen LogP contribution in [-0.2, 0) is 14.9 Å². The van der Waals surface area contributed by atoms with Crippen molar-refractivity contribution in [3.8, 4) is 0 Å². The molecule has 1 unspecified atom stereocenters. The van der Waals surface area contributed by atoms with Crippen LogP contribution < -0.4 is 5.32 Å². The fourth-order valence-corrected chi connectivity index (χ4v) is 3.10. The van der Waals surface area contributed by atoms with Crippen LogP contribution in [0.2, 0.25) is 6.32 Å². The first-order chi connectivity index (χ1) is 8.27. The number of nitrogens with one attached hydrogen (secondary N) is 1. The molecule has 1 heterocycles. The van der Waals surface area contributed by atoms with Gasteiger partial charge in [-0.25, -0.2) is 22.2 Å². The minimum Gasteiger partial charge on any atom is -0.319 e. The fourth-order valence-electron chi connectivity index (χ4n) is 1.10. The molecule has 1 aliphatic rings. The lowest BCUT2D eigenvalue weighted by atomic mass is 10.0. The summed E-state index contributed by atoms with van der Waals surface area (Å²) in [6.07, 6.45) is -0.213. The third-order valence-corrected chi connectivity index (χ3v) is 4.51. The molecule has 7 nitrogen and oxygen atoms in total. The Morgan fingerprint density at radius 3 is 2.72 bits per heavy atom. The van der Waals surface area contributed by atoms with E-state index >= 15 is 0 Å². The first-order valence-electron chi connectivity index (χ1n) is 4.49. The Balaban J connectivity index is 2.79. The molecular formula is C6H8BN2O5S4. The van der Waals surface area contributed by atoms with E-state index in [9.17, 15) is 18.0 Å². The minimum atomic E-state index is -4.49. The molecule has 0 spiro atoms. The minimum absolute atomic E-state index is 0.0293. The van der Waals surface area contributed by atoms with Crippen molar-refractivity contribution in [2.24, 2.45) is 0 Å². The molecule has 0 aromatic carbocycles. The summed E-state index contributed by atoms with van der Waals surface area (Å²) in [6.45, 7) is 1.16. The third-order valence-electron chi connectivity index (χ3n) is 1.92. The van der Waals surface area contributed by atoms with Crippen LogP contribution in [0.4, 0.5) is 4.79 Å². The summed E-state index contributed by atoms with van der Waals surface area (Å²) in [5.41, 5.74) is 0. The van der Waals surface area contributed by atoms with E-state index in [1.54, 1.807) is 0 Å². The Hall–Kier alpha value is -0.295. The molecule has 1 saturated heterocycles. The second kappa shape index (κ2) is 6.24. The van der Waals surface area contributed by atoms with Gasteiger partial charge in [-0.2, -0.15) is 8.42 Å². The van der Waals surface area contributed by atoms with E-state index in [4.69, 9.17) is 16.8 Å². The summed E-state index contributed by atoms with van der Waals surface area (Å²) in [5, 5.41) is 0.442. The zero-order valence-corrected chi connectivity index (χ0v) is 12.1. The van der Waals surface area contributed by atoms with Gasteiger partial charge in [0.25, 0.3) is 10.1 Å². The monoisotopic (exact) mass is 327 g/mol. The molecule has 0 aliphatic carbocycles. The molecule has 1 rings (SSSR count). The number of thiol groups is 1. The normalized spacial score (nSPS) is 17.8. The lowest BCUT2D eigenvalue weighted by Crippen LogP contribution is -2.49. The fraction of sp³-hybridized carbons (Fsp3) is 0.500. The Labute approximate surface area is 119 Å². The summed E-state index contributed by atoms with van der Waals surface area (Å²) >= 11 is 9.48. The number of imide groups is 1. The van der Waals surface area contributed by atoms with Crippen LogP contribution in [0.5, 0.6) is 0 Å². The molecule has 1 atom stereocenters. The summed E-state index contributed by atoms with van der Waals surface area (Å²) in [5.74, 6) is -0.506. The first-order valence-corrected chi connectivity index (χ1v) is 7.91. The van der Waals surface area contributed by atoms with Gasteiger partial charge in [0.2, 0.25) is 5.91 Å². The number of thiocarbonyl (C=S) groups is 1. The van der Waals surface area contributed by atoms with Crippen LogP contribution in [0.25, 0.3) is 0 Å². The molecule has 0 aromatic rings. The highest BCUT2D eigenvalue weighted by atomic mass is 32.2. The highest BCUT2D eigenvalue weighted by molar-refractivity contribution is 8.24. The van der Waals surface area contributed by atoms with Gasteiger partial charge in [0.1, 0.15) is 0 Å². The van der Waals surface area contributed by atoms with Crippen LogP contribution >= 0.6 is 36.5 Å². The molecular weight excluding hydrogens is 319 g/mol. The van der Waals surface area contributed by atoms with Gasteiger partial charge in [0, 0.05) is 0 Å². The third kappa shape index (κ3) is 3.85. The lowest BCUT2D eigenvalue weighted by Gasteiger charge is -2.19. The molecule has 0 aromatic heterocycles. The number of hydrogen-bond acceptors (Lipinski definition) is 7. The van der Waals surface area contributed by atoms with Gasteiger partial charge in [-0.05, 0) is 6.32 Å². The van der Waals surface area contributed by atoms with Gasteiger partial charge in [0.15, 0.2) is 16.3 Å². The van der Waals surface area contributed by atoms with Crippen LogP contribution in [0.3, 0.4) is 0 Å². The number of nitrogens with zero attached hydrogens (tertiary/aromatic N) is 1. The average Bonchev–Trinajstić information content (AvgIpc) is 2.56. The molecule has 1 radical (unpaired) electrons. The second-order valence-corrected chi connectivity index (χ2v) is 6.73. The van der Waals surface area contributed by atoms with Crippen molar-refractivity contribution in [2.45, 2.75) is 11.7 Å². The molecule has 1 aliphatic heterocycles. The van der Waals surface area contributed by atoms with E-state index in [1.807, 2.05) is 5.32 Å². The summed E-state index contributed by atoms with van der Waals surface area (Å²) in [6, 6.07) is -0.979. The van der Waals surface area contributed by atoms with Gasteiger partial charge in [-0.3, -0.25) is 9.35 Å². The lowest BCUT2D eigenvalue weighted by molar-refractivity contribution is -0.122. The first kappa shape index (κ1) is 15.8. The van der Waals surface area contributed by atoms with Crippen LogP contribution in [0, 0.1) is 0 Å². The number of thioether (sulfide) groups is 1. The van der Waals surface area contributed by atoms with Crippen molar-refractivity contribution >= 4 is 69.4 Å². The molecule has 3 amide bonds. The smallest absolute Gasteiger partial charge is 0.319 e. The predicted octanol–water partition coefficient (Wildman–Crippen LogP) is -0.263. The Bertz CT molecular complexity index is 464. The molecule has 2 N–H and O–H groups in total. The standard InChI is InChI=1S/C6H8BN2O5S4/c10-4-2-17-6(15)9(4)5(11)8-3(1-7-16)18(12,13)14/h3,16H,1-2H2,(H,8,11)(H,12,13,14). The number of amides is 3. The average molecular weight is 327 g/mol. The number of carbonyl (C=O) groups excluding carboxylic acids is 2.